The largest absolute Gasteiger partial charge is 0.493 e. The maximum absolute atomic E-state index is 12.3. The minimum Gasteiger partial charge on any atom is -0.493 e. The number of amides is 1. The maximum atomic E-state index is 12.3. The molecule has 5 nitrogen and oxygen atoms in total. The number of thioether (sulfide) groups is 1. The van der Waals surface area contributed by atoms with E-state index in [1.165, 1.54) is 22.2 Å². The number of benzene rings is 2. The molecule has 2 aromatic rings. The van der Waals surface area contributed by atoms with Crippen LogP contribution in [0.3, 0.4) is 0 Å². The van der Waals surface area contributed by atoms with Gasteiger partial charge >= 0.3 is 0 Å². The van der Waals surface area contributed by atoms with Crippen LogP contribution in [0.2, 0.25) is 5.02 Å². The molecule has 34 heavy (non-hydrogen) atoms. The van der Waals surface area contributed by atoms with Crippen LogP contribution in [-0.4, -0.2) is 42.0 Å². The quantitative estimate of drug-likeness (QED) is 0.182. The number of ether oxygens (including phenoxy) is 3. The van der Waals surface area contributed by atoms with Crippen LogP contribution in [0.1, 0.15) is 50.7 Å². The second-order valence-electron chi connectivity index (χ2n) is 7.93. The zero-order chi connectivity index (χ0) is 24.7. The van der Waals surface area contributed by atoms with Gasteiger partial charge in [-0.1, -0.05) is 61.6 Å². The number of likely N-dealkylation sites (N-methyl/N-ethyl adjacent to an activating group) is 1. The SMILES string of the molecule is CCOc1cc(/C=C2\SC(=S)N(C)C2=O)cc(Cl)c1OCCCOc1ccc(C(C)CC)cc1. The third kappa shape index (κ3) is 6.68. The summed E-state index contributed by atoms with van der Waals surface area (Å²) < 4.78 is 18.1. The summed E-state index contributed by atoms with van der Waals surface area (Å²) in [6, 6.07) is 11.8. The molecular weight excluding hydrogens is 490 g/mol. The van der Waals surface area contributed by atoms with Gasteiger partial charge < -0.3 is 14.2 Å². The molecule has 2 aromatic carbocycles. The summed E-state index contributed by atoms with van der Waals surface area (Å²) >= 11 is 13.0. The Morgan fingerprint density at radius 3 is 2.44 bits per heavy atom. The Balaban J connectivity index is 1.59. The molecule has 8 heteroatoms. The molecule has 1 aliphatic rings. The predicted molar refractivity (Wildman–Crippen MR) is 144 cm³/mol. The standard InChI is InChI=1S/C26H30ClNO4S2/c1-5-17(3)19-8-10-20(11-9-19)31-12-7-13-32-24-21(27)14-18(15-22(24)30-6-2)16-23-25(29)28(4)26(33)34-23/h8-11,14-17H,5-7,12-13H2,1-4H3/b23-16-. The molecule has 0 N–H and O–H groups in total. The number of rotatable bonds is 11. The van der Waals surface area contributed by atoms with Gasteiger partial charge in [0.2, 0.25) is 0 Å². The first-order valence-electron chi connectivity index (χ1n) is 11.4. The van der Waals surface area contributed by atoms with Crippen molar-refractivity contribution in [3.05, 3.63) is 57.5 Å². The van der Waals surface area contributed by atoms with Crippen LogP contribution in [0, 0.1) is 0 Å². The normalized spacial score (nSPS) is 15.7. The van der Waals surface area contributed by atoms with Crippen LogP contribution >= 0.6 is 35.6 Å². The lowest BCUT2D eigenvalue weighted by molar-refractivity contribution is -0.121. The number of hydrogen-bond donors (Lipinski definition) is 0. The van der Waals surface area contributed by atoms with Gasteiger partial charge in [-0.05, 0) is 60.7 Å². The lowest BCUT2D eigenvalue weighted by Gasteiger charge is -2.15. The Kier molecular flexibility index (Phi) is 9.68. The summed E-state index contributed by atoms with van der Waals surface area (Å²) in [6.45, 7) is 7.72. The molecule has 0 aromatic heterocycles. The van der Waals surface area contributed by atoms with Crippen molar-refractivity contribution in [2.24, 2.45) is 0 Å². The zero-order valence-electron chi connectivity index (χ0n) is 19.9. The summed E-state index contributed by atoms with van der Waals surface area (Å²) in [4.78, 5) is 14.3. The number of thiocarbonyl (C=S) groups is 1. The summed E-state index contributed by atoms with van der Waals surface area (Å²) in [6.07, 6.45) is 3.57. The van der Waals surface area contributed by atoms with Crippen LogP contribution in [-0.2, 0) is 4.79 Å². The van der Waals surface area contributed by atoms with Crippen LogP contribution in [0.15, 0.2) is 41.3 Å². The van der Waals surface area contributed by atoms with Gasteiger partial charge in [0.1, 0.15) is 10.1 Å². The van der Waals surface area contributed by atoms with E-state index in [2.05, 4.69) is 26.0 Å². The molecule has 0 aliphatic carbocycles. The molecule has 1 amide bonds. The molecule has 0 spiro atoms. The van der Waals surface area contributed by atoms with Crippen LogP contribution < -0.4 is 14.2 Å². The van der Waals surface area contributed by atoms with E-state index in [-0.39, 0.29) is 5.91 Å². The first-order valence-corrected chi connectivity index (χ1v) is 13.0. The number of carbonyl (C=O) groups excluding carboxylic acids is 1. The van der Waals surface area contributed by atoms with Crippen LogP contribution in [0.5, 0.6) is 17.2 Å². The molecule has 3 rings (SSSR count). The molecule has 182 valence electrons. The van der Waals surface area contributed by atoms with E-state index < -0.39 is 0 Å². The molecule has 0 bridgehead atoms. The van der Waals surface area contributed by atoms with Crippen molar-refractivity contribution < 1.29 is 19.0 Å². The molecule has 0 saturated carbocycles. The minimum absolute atomic E-state index is 0.126. The van der Waals surface area contributed by atoms with Crippen molar-refractivity contribution in [3.8, 4) is 17.2 Å². The second-order valence-corrected chi connectivity index (χ2v) is 10.0. The average molecular weight is 520 g/mol. The highest BCUT2D eigenvalue weighted by molar-refractivity contribution is 8.26. The monoisotopic (exact) mass is 519 g/mol. The van der Waals surface area contributed by atoms with Crippen molar-refractivity contribution in [2.45, 2.75) is 39.5 Å². The Labute approximate surface area is 216 Å². The van der Waals surface area contributed by atoms with Crippen LogP contribution in [0.4, 0.5) is 0 Å². The zero-order valence-corrected chi connectivity index (χ0v) is 22.3. The van der Waals surface area contributed by atoms with Crippen molar-refractivity contribution in [2.75, 3.05) is 26.9 Å². The van der Waals surface area contributed by atoms with Crippen molar-refractivity contribution in [1.29, 1.82) is 0 Å². The van der Waals surface area contributed by atoms with Crippen molar-refractivity contribution >= 4 is 51.9 Å². The highest BCUT2D eigenvalue weighted by atomic mass is 35.5. The Bertz CT molecular complexity index is 1060. The van der Waals surface area contributed by atoms with E-state index in [0.29, 0.717) is 57.9 Å². The molecule has 1 heterocycles. The molecule has 1 fully saturated rings. The van der Waals surface area contributed by atoms with E-state index in [1.807, 2.05) is 25.1 Å². The number of hydrogen-bond acceptors (Lipinski definition) is 6. The summed E-state index contributed by atoms with van der Waals surface area (Å²) in [5, 5.41) is 0.422. The first kappa shape index (κ1) is 26.4. The van der Waals surface area contributed by atoms with Crippen molar-refractivity contribution in [1.82, 2.24) is 4.90 Å². The van der Waals surface area contributed by atoms with Crippen molar-refractivity contribution in [3.63, 3.8) is 0 Å². The predicted octanol–water partition coefficient (Wildman–Crippen LogP) is 6.93. The average Bonchev–Trinajstić information content (AvgIpc) is 3.06. The van der Waals surface area contributed by atoms with Gasteiger partial charge in [-0.3, -0.25) is 9.69 Å². The molecule has 1 atom stereocenters. The Morgan fingerprint density at radius 1 is 1.12 bits per heavy atom. The highest BCUT2D eigenvalue weighted by Crippen LogP contribution is 2.39. The number of halogens is 1. The molecular formula is C26H30ClNO4S2. The second kappa shape index (κ2) is 12.5. The smallest absolute Gasteiger partial charge is 0.265 e. The van der Waals surface area contributed by atoms with E-state index in [9.17, 15) is 4.79 Å². The minimum atomic E-state index is -0.126. The van der Waals surface area contributed by atoms with Gasteiger partial charge in [0.05, 0.1) is 29.7 Å². The highest BCUT2D eigenvalue weighted by Gasteiger charge is 2.28. The molecule has 0 radical (unpaired) electrons. The lowest BCUT2D eigenvalue weighted by Crippen LogP contribution is -2.22. The number of carbonyl (C=O) groups is 1. The third-order valence-corrected chi connectivity index (χ3v) is 7.25. The lowest BCUT2D eigenvalue weighted by atomic mass is 9.99. The maximum Gasteiger partial charge on any atom is 0.265 e. The fourth-order valence-electron chi connectivity index (χ4n) is 3.32. The van der Waals surface area contributed by atoms with Gasteiger partial charge in [0, 0.05) is 13.5 Å². The summed E-state index contributed by atoms with van der Waals surface area (Å²) in [5.41, 5.74) is 2.07. The molecule has 1 unspecified atom stereocenters. The van der Waals surface area contributed by atoms with Crippen LogP contribution in [0.25, 0.3) is 6.08 Å². The summed E-state index contributed by atoms with van der Waals surface area (Å²) in [7, 11) is 1.67. The van der Waals surface area contributed by atoms with Gasteiger partial charge in [-0.25, -0.2) is 0 Å². The first-order chi connectivity index (χ1) is 16.3. The fourth-order valence-corrected chi connectivity index (χ4v) is 4.78. The van der Waals surface area contributed by atoms with E-state index >= 15 is 0 Å². The molecule has 1 saturated heterocycles. The fraction of sp³-hybridized carbons (Fsp3) is 0.385. The van der Waals surface area contributed by atoms with E-state index in [1.54, 1.807) is 19.2 Å². The third-order valence-electron chi connectivity index (χ3n) is 5.48. The van der Waals surface area contributed by atoms with Gasteiger partial charge in [0.25, 0.3) is 5.91 Å². The van der Waals surface area contributed by atoms with Gasteiger partial charge in [0.15, 0.2) is 11.5 Å². The Hall–Kier alpha value is -2.22. The number of nitrogens with zero attached hydrogens (tertiary/aromatic N) is 1. The Morgan fingerprint density at radius 2 is 1.82 bits per heavy atom. The van der Waals surface area contributed by atoms with E-state index in [4.69, 9.17) is 38.0 Å². The van der Waals surface area contributed by atoms with Gasteiger partial charge in [-0.15, -0.1) is 0 Å². The topological polar surface area (TPSA) is 48.0 Å². The van der Waals surface area contributed by atoms with E-state index in [0.717, 1.165) is 17.7 Å². The summed E-state index contributed by atoms with van der Waals surface area (Å²) in [5.74, 6) is 2.29. The van der Waals surface area contributed by atoms with Gasteiger partial charge in [-0.2, -0.15) is 0 Å². The molecule has 1 aliphatic heterocycles.